The maximum absolute atomic E-state index is 12.0. The number of nitrogens with zero attached hydrogens (tertiary/aromatic N) is 2. The maximum Gasteiger partial charge on any atom is 0.224 e. The molecule has 1 saturated heterocycles. The summed E-state index contributed by atoms with van der Waals surface area (Å²) < 4.78 is 0. The largest absolute Gasteiger partial charge is 0.372 e. The summed E-state index contributed by atoms with van der Waals surface area (Å²) in [4.78, 5) is 18.6. The molecule has 0 bridgehead atoms. The van der Waals surface area contributed by atoms with E-state index in [4.69, 9.17) is 0 Å². The predicted octanol–water partition coefficient (Wildman–Crippen LogP) is 2.93. The van der Waals surface area contributed by atoms with E-state index in [9.17, 15) is 4.79 Å². The highest BCUT2D eigenvalue weighted by Crippen LogP contribution is 2.20. The molecule has 0 spiro atoms. The number of hydrogen-bond acceptors (Lipinski definition) is 3. The Morgan fingerprint density at radius 3 is 2.52 bits per heavy atom. The van der Waals surface area contributed by atoms with Crippen molar-refractivity contribution in [2.75, 3.05) is 18.0 Å². The summed E-state index contributed by atoms with van der Waals surface area (Å²) in [5.41, 5.74) is 3.19. The van der Waals surface area contributed by atoms with Gasteiger partial charge in [0.2, 0.25) is 5.91 Å². The molecular weight excluding hydrogens is 286 g/mol. The van der Waals surface area contributed by atoms with Gasteiger partial charge in [0.05, 0.1) is 18.7 Å². The molecule has 0 radical (unpaired) electrons. The molecule has 0 unspecified atom stereocenters. The lowest BCUT2D eigenvalue weighted by molar-refractivity contribution is -0.120. The first-order valence-electron chi connectivity index (χ1n) is 8.32. The van der Waals surface area contributed by atoms with Crippen molar-refractivity contribution in [1.82, 2.24) is 10.3 Å². The molecule has 1 aromatic carbocycles. The van der Waals surface area contributed by atoms with Crippen LogP contribution in [0.25, 0.3) is 0 Å². The molecule has 0 saturated carbocycles. The molecule has 2 heterocycles. The lowest BCUT2D eigenvalue weighted by Crippen LogP contribution is -2.29. The predicted molar refractivity (Wildman–Crippen MR) is 92.3 cm³/mol. The number of aromatic nitrogens is 1. The Hall–Kier alpha value is -2.36. The number of pyridine rings is 1. The molecule has 3 rings (SSSR count). The molecule has 4 nitrogen and oxygen atoms in total. The molecule has 0 atom stereocenters. The summed E-state index contributed by atoms with van der Waals surface area (Å²) in [5.74, 6) is 0.0291. The summed E-state index contributed by atoms with van der Waals surface area (Å²) in [5, 5.41) is 2.91. The smallest absolute Gasteiger partial charge is 0.224 e. The number of benzene rings is 1. The van der Waals surface area contributed by atoms with Crippen LogP contribution in [0.4, 0.5) is 5.69 Å². The van der Waals surface area contributed by atoms with Gasteiger partial charge in [-0.25, -0.2) is 0 Å². The summed E-state index contributed by atoms with van der Waals surface area (Å²) >= 11 is 0. The van der Waals surface area contributed by atoms with E-state index in [-0.39, 0.29) is 5.91 Å². The first kappa shape index (κ1) is 15.5. The van der Waals surface area contributed by atoms with Gasteiger partial charge in [0, 0.05) is 25.0 Å². The van der Waals surface area contributed by atoms with E-state index >= 15 is 0 Å². The number of amides is 1. The fraction of sp³-hybridized carbons (Fsp3) is 0.368. The normalized spacial score (nSPS) is 14.5. The van der Waals surface area contributed by atoms with Crippen LogP contribution in [-0.2, 0) is 17.8 Å². The van der Waals surface area contributed by atoms with Crippen LogP contribution in [0.1, 0.15) is 30.5 Å². The third kappa shape index (κ3) is 4.55. The van der Waals surface area contributed by atoms with Crippen LogP contribution in [0.15, 0.2) is 48.7 Å². The van der Waals surface area contributed by atoms with Gasteiger partial charge in [0.25, 0.3) is 0 Å². The molecule has 0 aliphatic carbocycles. The molecular formula is C19H23N3O. The number of nitrogens with one attached hydrogen (secondary N) is 1. The molecule has 120 valence electrons. The number of hydrogen-bond donors (Lipinski definition) is 1. The van der Waals surface area contributed by atoms with E-state index in [1.165, 1.54) is 24.9 Å². The highest BCUT2D eigenvalue weighted by molar-refractivity contribution is 5.78. The van der Waals surface area contributed by atoms with Crippen molar-refractivity contribution in [3.05, 3.63) is 59.9 Å². The lowest BCUT2D eigenvalue weighted by Gasteiger charge is -2.28. The zero-order valence-electron chi connectivity index (χ0n) is 13.4. The van der Waals surface area contributed by atoms with Crippen molar-refractivity contribution in [1.29, 1.82) is 0 Å². The van der Waals surface area contributed by atoms with Gasteiger partial charge in [-0.15, -0.1) is 0 Å². The Kier molecular flexibility index (Phi) is 5.25. The number of carbonyl (C=O) groups excluding carboxylic acids is 1. The Balaban J connectivity index is 1.50. The van der Waals surface area contributed by atoms with Crippen LogP contribution in [0, 0.1) is 0 Å². The highest BCUT2D eigenvalue weighted by Gasteiger charge is 2.11. The number of carbonyl (C=O) groups is 1. The number of piperidine rings is 1. The second kappa shape index (κ2) is 7.77. The van der Waals surface area contributed by atoms with Gasteiger partial charge in [-0.05, 0) is 49.1 Å². The molecule has 4 heteroatoms. The van der Waals surface area contributed by atoms with Crippen LogP contribution in [-0.4, -0.2) is 24.0 Å². The Labute approximate surface area is 137 Å². The molecule has 1 amide bonds. The number of anilines is 1. The Bertz CT molecular complexity index is 619. The van der Waals surface area contributed by atoms with Crippen LogP contribution < -0.4 is 10.2 Å². The van der Waals surface area contributed by atoms with Crippen LogP contribution in [0.3, 0.4) is 0 Å². The zero-order valence-corrected chi connectivity index (χ0v) is 13.4. The average molecular weight is 309 g/mol. The average Bonchev–Trinajstić information content (AvgIpc) is 2.62. The van der Waals surface area contributed by atoms with E-state index in [0.29, 0.717) is 13.0 Å². The maximum atomic E-state index is 12.0. The van der Waals surface area contributed by atoms with E-state index in [1.54, 1.807) is 6.20 Å². The first-order valence-corrected chi connectivity index (χ1v) is 8.32. The van der Waals surface area contributed by atoms with Crippen molar-refractivity contribution in [3.63, 3.8) is 0 Å². The van der Waals surface area contributed by atoms with Gasteiger partial charge < -0.3 is 10.2 Å². The molecule has 1 N–H and O–H groups in total. The molecule has 23 heavy (non-hydrogen) atoms. The van der Waals surface area contributed by atoms with E-state index < -0.39 is 0 Å². The fourth-order valence-corrected chi connectivity index (χ4v) is 2.92. The summed E-state index contributed by atoms with van der Waals surface area (Å²) in [6.07, 6.45) is 6.04. The molecule has 1 aromatic heterocycles. The van der Waals surface area contributed by atoms with Gasteiger partial charge in [0.1, 0.15) is 0 Å². The monoisotopic (exact) mass is 309 g/mol. The first-order chi connectivity index (χ1) is 11.3. The van der Waals surface area contributed by atoms with Crippen LogP contribution in [0.5, 0.6) is 0 Å². The van der Waals surface area contributed by atoms with Crippen LogP contribution >= 0.6 is 0 Å². The Morgan fingerprint density at radius 2 is 1.83 bits per heavy atom. The summed E-state index contributed by atoms with van der Waals surface area (Å²) in [7, 11) is 0. The highest BCUT2D eigenvalue weighted by atomic mass is 16.1. The van der Waals surface area contributed by atoms with E-state index in [1.807, 2.05) is 18.2 Å². The van der Waals surface area contributed by atoms with Crippen molar-refractivity contribution < 1.29 is 4.79 Å². The number of rotatable bonds is 5. The third-order valence-electron chi connectivity index (χ3n) is 4.22. The van der Waals surface area contributed by atoms with Crippen LogP contribution in [0.2, 0.25) is 0 Å². The topological polar surface area (TPSA) is 45.2 Å². The zero-order chi connectivity index (χ0) is 15.9. The van der Waals surface area contributed by atoms with Gasteiger partial charge >= 0.3 is 0 Å². The quantitative estimate of drug-likeness (QED) is 0.923. The molecule has 2 aromatic rings. The third-order valence-corrected chi connectivity index (χ3v) is 4.22. The van der Waals surface area contributed by atoms with Crippen molar-refractivity contribution in [2.45, 2.75) is 32.2 Å². The summed E-state index contributed by atoms with van der Waals surface area (Å²) in [6, 6.07) is 14.1. The lowest BCUT2D eigenvalue weighted by atomic mass is 10.1. The van der Waals surface area contributed by atoms with Gasteiger partial charge in [-0.3, -0.25) is 9.78 Å². The van der Waals surface area contributed by atoms with E-state index in [2.05, 4.69) is 39.5 Å². The second-order valence-electron chi connectivity index (χ2n) is 5.99. The summed E-state index contributed by atoms with van der Waals surface area (Å²) in [6.45, 7) is 2.76. The van der Waals surface area contributed by atoms with Gasteiger partial charge in [-0.2, -0.15) is 0 Å². The minimum absolute atomic E-state index is 0.0291. The van der Waals surface area contributed by atoms with Gasteiger partial charge in [-0.1, -0.05) is 18.2 Å². The van der Waals surface area contributed by atoms with E-state index in [0.717, 1.165) is 24.3 Å². The van der Waals surface area contributed by atoms with Crippen molar-refractivity contribution in [3.8, 4) is 0 Å². The van der Waals surface area contributed by atoms with Crippen molar-refractivity contribution >= 4 is 11.6 Å². The molecule has 1 aliphatic rings. The SMILES string of the molecule is O=C(Cc1ccc(N2CCCCC2)cc1)NCc1ccccn1. The minimum Gasteiger partial charge on any atom is -0.372 e. The fourth-order valence-electron chi connectivity index (χ4n) is 2.92. The van der Waals surface area contributed by atoms with Gasteiger partial charge in [0.15, 0.2) is 0 Å². The Morgan fingerprint density at radius 1 is 1.04 bits per heavy atom. The second-order valence-corrected chi connectivity index (χ2v) is 5.99. The molecule has 1 aliphatic heterocycles. The van der Waals surface area contributed by atoms with Crippen molar-refractivity contribution in [2.24, 2.45) is 0 Å². The standard InChI is InChI=1S/C19H23N3O/c23-19(21-15-17-6-2-3-11-20-17)14-16-7-9-18(10-8-16)22-12-4-1-5-13-22/h2-3,6-11H,1,4-5,12-15H2,(H,21,23). The minimum atomic E-state index is 0.0291. The molecule has 1 fully saturated rings.